The molecule has 0 radical (unpaired) electrons. The van der Waals surface area contributed by atoms with Gasteiger partial charge in [-0.3, -0.25) is 14.4 Å². The van der Waals surface area contributed by atoms with Gasteiger partial charge in [-0.1, -0.05) is 69.3 Å². The number of hydrogen-bond acceptors (Lipinski definition) is 12. The molecule has 2 aromatic rings. The van der Waals surface area contributed by atoms with Crippen LogP contribution in [0.25, 0.3) is 0 Å². The van der Waals surface area contributed by atoms with E-state index in [0.717, 1.165) is 0 Å². The van der Waals surface area contributed by atoms with Crippen molar-refractivity contribution in [2.45, 2.75) is 95.2 Å². The number of aliphatic hydroxyl groups excluding tert-OH is 2. The first-order valence-corrected chi connectivity index (χ1v) is 18.1. The molecule has 1 amide bonds. The molecule has 2 bridgehead atoms. The van der Waals surface area contributed by atoms with Gasteiger partial charge >= 0.3 is 11.9 Å². The van der Waals surface area contributed by atoms with E-state index in [1.807, 2.05) is 0 Å². The average Bonchev–Trinajstić information content (AvgIpc) is 3.12. The van der Waals surface area contributed by atoms with Crippen LogP contribution in [-0.2, 0) is 28.6 Å². The number of hydrogen-bond donors (Lipinski definition) is 6. The molecule has 2 saturated carbocycles. The highest BCUT2D eigenvalue weighted by atomic mass is 16.6. The quantitative estimate of drug-likeness (QED) is 0.161. The van der Waals surface area contributed by atoms with Crippen molar-refractivity contribution in [3.05, 3.63) is 82.9 Å². The third-order valence-electron chi connectivity index (χ3n) is 12.7. The Labute approximate surface area is 308 Å². The summed E-state index contributed by atoms with van der Waals surface area (Å²) in [5.74, 6) is -5.06. The smallest absolute Gasteiger partial charge is 0.350 e. The molecule has 53 heavy (non-hydrogen) atoms. The number of carbonyl (C=O) groups is 4. The van der Waals surface area contributed by atoms with Crippen molar-refractivity contribution in [1.82, 2.24) is 10.6 Å². The Morgan fingerprint density at radius 1 is 1.00 bits per heavy atom. The number of amides is 1. The van der Waals surface area contributed by atoms with Crippen molar-refractivity contribution >= 4 is 23.6 Å². The topological polar surface area (TPSA) is 201 Å². The Morgan fingerprint density at radius 3 is 2.21 bits per heavy atom. The molecule has 0 aromatic heterocycles. The van der Waals surface area contributed by atoms with Crippen molar-refractivity contribution in [2.75, 3.05) is 20.2 Å². The molecule has 11 unspecified atom stereocenters. The lowest BCUT2D eigenvalue weighted by molar-refractivity contribution is -0.335. The maximum atomic E-state index is 14.5. The largest absolute Gasteiger partial charge is 0.455 e. The van der Waals surface area contributed by atoms with Crippen LogP contribution >= 0.6 is 0 Å². The number of nitrogens with one attached hydrogen (secondary N) is 2. The first-order valence-electron chi connectivity index (χ1n) is 18.1. The predicted molar refractivity (Wildman–Crippen MR) is 190 cm³/mol. The Bertz CT molecular complexity index is 1780. The first kappa shape index (κ1) is 38.7. The molecule has 13 heteroatoms. The number of benzene rings is 2. The second-order valence-corrected chi connectivity index (χ2v) is 15.8. The summed E-state index contributed by atoms with van der Waals surface area (Å²) in [6, 6.07) is 15.6. The first-order chi connectivity index (χ1) is 24.9. The van der Waals surface area contributed by atoms with E-state index in [1.54, 1.807) is 88.4 Å². The number of ether oxygens (including phenoxy) is 3. The zero-order chi connectivity index (χ0) is 38.7. The van der Waals surface area contributed by atoms with Gasteiger partial charge in [0.15, 0.2) is 5.78 Å². The van der Waals surface area contributed by atoms with Crippen LogP contribution in [0.5, 0.6) is 0 Å². The minimum Gasteiger partial charge on any atom is -0.455 e. The van der Waals surface area contributed by atoms with Gasteiger partial charge in [0.1, 0.15) is 23.9 Å². The van der Waals surface area contributed by atoms with Crippen LogP contribution in [0.3, 0.4) is 0 Å². The molecule has 3 aliphatic carbocycles. The van der Waals surface area contributed by atoms with E-state index in [0.29, 0.717) is 16.7 Å². The Kier molecular flexibility index (Phi) is 10.2. The standard InChI is InChI=1S/C40H50N2O11/c1-21-25(18-40(50)22(2)33-38(5,26(43)17-27-39(33,49)20-51-27)34(46)31(45)29(21)37(40,3)4)52-36(48)32(53-28(44)19-41-6)30(23-13-9-7-10-14-23)42-35(47)24-15-11-8-12-16-24/h7-16,22,25-27,30-33,41,43,45,49-50H,17-20H2,1-6H3,(H,42,47). The van der Waals surface area contributed by atoms with Crippen LogP contribution in [-0.4, -0.2) is 106 Å². The number of ketones is 1. The van der Waals surface area contributed by atoms with Crippen LogP contribution in [0.1, 0.15) is 69.4 Å². The van der Waals surface area contributed by atoms with Gasteiger partial charge < -0.3 is 45.3 Å². The minimum atomic E-state index is -1.83. The summed E-state index contributed by atoms with van der Waals surface area (Å²) >= 11 is 0. The predicted octanol–water partition coefficient (Wildman–Crippen LogP) is 1.77. The normalized spacial score (nSPS) is 35.6. The lowest BCUT2D eigenvalue weighted by Gasteiger charge is -2.67. The molecular formula is C40H50N2O11. The van der Waals surface area contributed by atoms with Gasteiger partial charge in [-0.2, -0.15) is 0 Å². The lowest BCUT2D eigenvalue weighted by atomic mass is 9.43. The van der Waals surface area contributed by atoms with Gasteiger partial charge in [-0.05, 0) is 55.7 Å². The van der Waals surface area contributed by atoms with Gasteiger partial charge in [-0.15, -0.1) is 0 Å². The fourth-order valence-electron chi connectivity index (χ4n) is 9.71. The maximum Gasteiger partial charge on any atom is 0.350 e. The highest BCUT2D eigenvalue weighted by Crippen LogP contribution is 2.64. The Hall–Kier alpha value is -3.98. The molecule has 4 aliphatic rings. The molecule has 1 heterocycles. The summed E-state index contributed by atoms with van der Waals surface area (Å²) in [6.45, 7) is 7.85. The number of likely N-dealkylation sites (N-methyl/N-ethyl adjacent to an activating group) is 1. The van der Waals surface area contributed by atoms with Gasteiger partial charge in [0, 0.05) is 29.7 Å². The fourth-order valence-corrected chi connectivity index (χ4v) is 9.71. The third kappa shape index (κ3) is 6.11. The summed E-state index contributed by atoms with van der Waals surface area (Å²) in [7, 11) is 1.53. The average molecular weight is 735 g/mol. The van der Waals surface area contributed by atoms with Gasteiger partial charge in [-0.25, -0.2) is 4.79 Å². The van der Waals surface area contributed by atoms with Crippen molar-refractivity contribution in [3.63, 3.8) is 0 Å². The molecule has 11 atom stereocenters. The fraction of sp³-hybridized carbons (Fsp3) is 0.550. The van der Waals surface area contributed by atoms with Crippen LogP contribution in [0.4, 0.5) is 0 Å². The van der Waals surface area contributed by atoms with Crippen molar-refractivity contribution in [2.24, 2.45) is 22.7 Å². The molecule has 13 nitrogen and oxygen atoms in total. The van der Waals surface area contributed by atoms with Gasteiger partial charge in [0.05, 0.1) is 36.4 Å². The summed E-state index contributed by atoms with van der Waals surface area (Å²) in [6.07, 6.45) is -7.10. The minimum absolute atomic E-state index is 0.0220. The van der Waals surface area contributed by atoms with Crippen molar-refractivity contribution in [3.8, 4) is 0 Å². The van der Waals surface area contributed by atoms with Crippen molar-refractivity contribution < 1.29 is 53.8 Å². The molecule has 3 fully saturated rings. The van der Waals surface area contributed by atoms with Crippen LogP contribution < -0.4 is 10.6 Å². The second-order valence-electron chi connectivity index (χ2n) is 15.8. The maximum absolute atomic E-state index is 14.5. The molecule has 1 aliphatic heterocycles. The van der Waals surface area contributed by atoms with E-state index in [2.05, 4.69) is 10.6 Å². The summed E-state index contributed by atoms with van der Waals surface area (Å²) in [5, 5.41) is 53.9. The highest BCUT2D eigenvalue weighted by Gasteiger charge is 2.74. The van der Waals surface area contributed by atoms with Crippen LogP contribution in [0.2, 0.25) is 0 Å². The zero-order valence-electron chi connectivity index (χ0n) is 30.9. The molecule has 1 saturated heterocycles. The van der Waals surface area contributed by atoms with E-state index in [-0.39, 0.29) is 31.6 Å². The monoisotopic (exact) mass is 734 g/mol. The number of Topliss-reactive ketones (excluding diaryl/α,β-unsaturated/α-hetero) is 1. The number of aliphatic hydroxyl groups is 4. The summed E-state index contributed by atoms with van der Waals surface area (Å²) < 4.78 is 17.5. The third-order valence-corrected chi connectivity index (χ3v) is 12.7. The van der Waals surface area contributed by atoms with E-state index < -0.39 is 94.1 Å². The number of fused-ring (bicyclic) bond motifs is 5. The number of esters is 2. The zero-order valence-corrected chi connectivity index (χ0v) is 30.9. The molecule has 6 rings (SSSR count). The highest BCUT2D eigenvalue weighted by molar-refractivity contribution is 5.95. The lowest BCUT2D eigenvalue weighted by Crippen LogP contribution is -2.78. The van der Waals surface area contributed by atoms with Gasteiger partial charge in [0.25, 0.3) is 5.91 Å². The Balaban J connectivity index is 1.42. The SMILES string of the molecule is CNCC(=O)OC(C(=O)OC1CC2(O)C(C)C3C4(O)COC4CC(O)C3(C)C(=O)C(O)C(=C1C)C2(C)C)C(NC(=O)c1ccccc1)c1ccccc1. The molecular weight excluding hydrogens is 684 g/mol. The van der Waals surface area contributed by atoms with Crippen molar-refractivity contribution in [1.29, 1.82) is 0 Å². The number of rotatable bonds is 9. The number of carbonyl (C=O) groups excluding carboxylic acids is 4. The van der Waals surface area contributed by atoms with E-state index in [4.69, 9.17) is 14.2 Å². The van der Waals surface area contributed by atoms with E-state index >= 15 is 0 Å². The second kappa shape index (κ2) is 14.0. The molecule has 6 N–H and O–H groups in total. The van der Waals surface area contributed by atoms with E-state index in [1.165, 1.54) is 14.0 Å². The molecule has 2 aromatic carbocycles. The van der Waals surface area contributed by atoms with Gasteiger partial charge in [0.2, 0.25) is 6.10 Å². The summed E-state index contributed by atoms with van der Waals surface area (Å²) in [5.41, 5.74) is -5.17. The Morgan fingerprint density at radius 2 is 1.62 bits per heavy atom. The summed E-state index contributed by atoms with van der Waals surface area (Å²) in [4.78, 5) is 55.5. The van der Waals surface area contributed by atoms with Crippen LogP contribution in [0, 0.1) is 22.7 Å². The van der Waals surface area contributed by atoms with E-state index in [9.17, 15) is 39.6 Å². The molecule has 286 valence electrons. The van der Waals surface area contributed by atoms with Crippen LogP contribution in [0.15, 0.2) is 71.8 Å². The molecule has 0 spiro atoms.